The van der Waals surface area contributed by atoms with Gasteiger partial charge in [-0.05, 0) is 116 Å². The standard InChI is InChI=1S/C71H116O5/c1-3-5-7-9-11-13-15-17-19-21-23-25-27-28-29-30-31-32-33-34-35-36-37-38-39-40-41-42-44-46-48-50-52-54-56-58-60-62-64-66-71(74)76-69(67-72)68-75-70(73)65-63-61-59-57-55-53-51-49-47-45-43-26-24-22-20-18-16-14-12-10-8-6-4-2/h5-8,11-14,17-20,23-26,28-29,31-32,34-35,45,47,69,72H,3-4,9-10,15-16,21-22,27,30,33,36-44,46,48-68H2,1-2H3/b7-5-,8-6-,13-11-,14-12-,19-17-,20-18-,25-23-,26-24-,29-28-,32-31-,35-34-,47-45-. The summed E-state index contributed by atoms with van der Waals surface area (Å²) in [5.74, 6) is -0.604. The van der Waals surface area contributed by atoms with E-state index in [2.05, 4.69) is 160 Å². The van der Waals surface area contributed by atoms with Gasteiger partial charge < -0.3 is 14.6 Å². The molecule has 5 heteroatoms. The molecule has 0 aliphatic heterocycles. The minimum atomic E-state index is -0.786. The molecule has 430 valence electrons. The fourth-order valence-corrected chi connectivity index (χ4v) is 8.50. The number of esters is 2. The van der Waals surface area contributed by atoms with Gasteiger partial charge in [-0.1, -0.05) is 288 Å². The lowest BCUT2D eigenvalue weighted by molar-refractivity contribution is -0.161. The van der Waals surface area contributed by atoms with Crippen molar-refractivity contribution in [3.05, 3.63) is 146 Å². The van der Waals surface area contributed by atoms with Crippen LogP contribution < -0.4 is 0 Å². The van der Waals surface area contributed by atoms with Gasteiger partial charge in [0.2, 0.25) is 0 Å². The number of hydrogen-bond acceptors (Lipinski definition) is 5. The predicted octanol–water partition coefficient (Wildman–Crippen LogP) is 21.8. The SMILES string of the molecule is CC/C=C\C/C=C\C/C=C\C/C=C\C/C=C\C/C=C\C/C=C\CCCCCCCCCCCCCCCCCCCC(=O)OC(CO)COC(=O)CCCCCCCCC/C=C\C/C=C\C/C=C\C/C=C\C/C=C\CC. The summed E-state index contributed by atoms with van der Waals surface area (Å²) < 4.78 is 10.7. The van der Waals surface area contributed by atoms with E-state index >= 15 is 0 Å². The predicted molar refractivity (Wildman–Crippen MR) is 334 cm³/mol. The first-order valence-electron chi connectivity index (χ1n) is 31.4. The zero-order valence-corrected chi connectivity index (χ0v) is 49.2. The van der Waals surface area contributed by atoms with E-state index in [4.69, 9.17) is 9.47 Å². The summed E-state index contributed by atoms with van der Waals surface area (Å²) in [4.78, 5) is 24.6. The zero-order chi connectivity index (χ0) is 54.8. The monoisotopic (exact) mass is 1050 g/mol. The average molecular weight is 1050 g/mol. The normalized spacial score (nSPS) is 13.2. The van der Waals surface area contributed by atoms with Crippen LogP contribution in [0.3, 0.4) is 0 Å². The largest absolute Gasteiger partial charge is 0.462 e. The highest BCUT2D eigenvalue weighted by Gasteiger charge is 2.16. The van der Waals surface area contributed by atoms with Crippen molar-refractivity contribution < 1.29 is 24.2 Å². The first-order chi connectivity index (χ1) is 37.6. The quantitative estimate of drug-likeness (QED) is 0.0373. The highest BCUT2D eigenvalue weighted by atomic mass is 16.6. The molecule has 0 aromatic heterocycles. The van der Waals surface area contributed by atoms with Gasteiger partial charge in [0.05, 0.1) is 6.61 Å². The van der Waals surface area contributed by atoms with Crippen LogP contribution in [0.4, 0.5) is 0 Å². The van der Waals surface area contributed by atoms with Crippen molar-refractivity contribution in [2.45, 2.75) is 277 Å². The molecule has 0 aromatic carbocycles. The van der Waals surface area contributed by atoms with Gasteiger partial charge in [-0.3, -0.25) is 9.59 Å². The molecule has 0 amide bonds. The van der Waals surface area contributed by atoms with Crippen molar-refractivity contribution in [1.82, 2.24) is 0 Å². The number of aliphatic hydroxyl groups is 1. The van der Waals surface area contributed by atoms with Crippen molar-refractivity contribution in [2.75, 3.05) is 13.2 Å². The number of unbranched alkanes of at least 4 members (excludes halogenated alkanes) is 24. The number of ether oxygens (including phenoxy) is 2. The van der Waals surface area contributed by atoms with E-state index < -0.39 is 6.10 Å². The summed E-state index contributed by atoms with van der Waals surface area (Å²) in [6, 6.07) is 0. The lowest BCUT2D eigenvalue weighted by atomic mass is 10.0. The molecule has 0 rings (SSSR count). The van der Waals surface area contributed by atoms with E-state index in [0.717, 1.165) is 122 Å². The van der Waals surface area contributed by atoms with E-state index in [-0.39, 0.29) is 25.2 Å². The molecule has 0 spiro atoms. The topological polar surface area (TPSA) is 72.8 Å². The zero-order valence-electron chi connectivity index (χ0n) is 49.2. The van der Waals surface area contributed by atoms with Crippen LogP contribution in [0.5, 0.6) is 0 Å². The molecule has 1 atom stereocenters. The van der Waals surface area contributed by atoms with Crippen LogP contribution >= 0.6 is 0 Å². The second-order valence-corrected chi connectivity index (χ2v) is 20.4. The maximum absolute atomic E-state index is 12.3. The molecule has 0 heterocycles. The molecule has 0 aliphatic rings. The van der Waals surface area contributed by atoms with E-state index in [1.165, 1.54) is 122 Å². The minimum Gasteiger partial charge on any atom is -0.462 e. The van der Waals surface area contributed by atoms with Gasteiger partial charge in [0.25, 0.3) is 0 Å². The molecule has 1 unspecified atom stereocenters. The molecule has 0 saturated carbocycles. The number of rotatable bonds is 56. The molecule has 0 aliphatic carbocycles. The number of allylic oxidation sites excluding steroid dienone is 24. The summed E-state index contributed by atoms with van der Waals surface area (Å²) in [7, 11) is 0. The van der Waals surface area contributed by atoms with E-state index in [9.17, 15) is 14.7 Å². The lowest BCUT2D eigenvalue weighted by Gasteiger charge is -2.15. The molecule has 0 aromatic rings. The van der Waals surface area contributed by atoms with Gasteiger partial charge >= 0.3 is 11.9 Å². The van der Waals surface area contributed by atoms with Crippen LogP contribution in [0.2, 0.25) is 0 Å². The maximum atomic E-state index is 12.3. The second-order valence-electron chi connectivity index (χ2n) is 20.4. The Morgan fingerprint density at radius 1 is 0.303 bits per heavy atom. The fraction of sp³-hybridized carbons (Fsp3) is 0.634. The molecular weight excluding hydrogens is 933 g/mol. The van der Waals surface area contributed by atoms with Crippen LogP contribution in [0.25, 0.3) is 0 Å². The van der Waals surface area contributed by atoms with Crippen LogP contribution in [0.15, 0.2) is 146 Å². The van der Waals surface area contributed by atoms with Crippen LogP contribution in [-0.2, 0) is 19.1 Å². The highest BCUT2D eigenvalue weighted by Crippen LogP contribution is 2.16. The van der Waals surface area contributed by atoms with Crippen molar-refractivity contribution in [3.8, 4) is 0 Å². The van der Waals surface area contributed by atoms with Crippen LogP contribution in [-0.4, -0.2) is 36.4 Å². The molecule has 1 N–H and O–H groups in total. The number of aliphatic hydroxyl groups excluding tert-OH is 1. The van der Waals surface area contributed by atoms with Crippen LogP contribution in [0.1, 0.15) is 271 Å². The minimum absolute atomic E-state index is 0.0776. The highest BCUT2D eigenvalue weighted by molar-refractivity contribution is 5.70. The van der Waals surface area contributed by atoms with E-state index in [1.54, 1.807) is 0 Å². The van der Waals surface area contributed by atoms with Gasteiger partial charge in [0, 0.05) is 12.8 Å². The van der Waals surface area contributed by atoms with Gasteiger partial charge in [-0.15, -0.1) is 0 Å². The Balaban J connectivity index is 3.52. The van der Waals surface area contributed by atoms with Crippen molar-refractivity contribution in [1.29, 1.82) is 0 Å². The number of hydrogen-bond donors (Lipinski definition) is 1. The van der Waals surface area contributed by atoms with Gasteiger partial charge in [0.1, 0.15) is 6.61 Å². The Kier molecular flexibility index (Phi) is 61.5. The maximum Gasteiger partial charge on any atom is 0.306 e. The smallest absolute Gasteiger partial charge is 0.306 e. The Morgan fingerprint density at radius 3 is 0.789 bits per heavy atom. The fourth-order valence-electron chi connectivity index (χ4n) is 8.50. The van der Waals surface area contributed by atoms with Gasteiger partial charge in [-0.25, -0.2) is 0 Å². The second kappa shape index (κ2) is 65.1. The molecule has 76 heavy (non-hydrogen) atoms. The first-order valence-corrected chi connectivity index (χ1v) is 31.4. The Hall–Kier alpha value is -4.22. The molecule has 5 nitrogen and oxygen atoms in total. The molecule has 0 fully saturated rings. The number of carbonyl (C=O) groups is 2. The van der Waals surface area contributed by atoms with Gasteiger partial charge in [0.15, 0.2) is 6.10 Å². The molecule has 0 bridgehead atoms. The Morgan fingerprint density at radius 2 is 0.526 bits per heavy atom. The summed E-state index contributed by atoms with van der Waals surface area (Å²) >= 11 is 0. The van der Waals surface area contributed by atoms with Crippen LogP contribution in [0, 0.1) is 0 Å². The number of carbonyl (C=O) groups excluding carboxylic acids is 2. The first kappa shape index (κ1) is 71.8. The Labute approximate surface area is 469 Å². The van der Waals surface area contributed by atoms with Gasteiger partial charge in [-0.2, -0.15) is 0 Å². The van der Waals surface area contributed by atoms with E-state index in [0.29, 0.717) is 12.8 Å². The molecular formula is C71H116O5. The van der Waals surface area contributed by atoms with Crippen molar-refractivity contribution in [2.24, 2.45) is 0 Å². The summed E-state index contributed by atoms with van der Waals surface area (Å²) in [5, 5.41) is 9.68. The third kappa shape index (κ3) is 62.3. The Bertz CT molecular complexity index is 1610. The summed E-state index contributed by atoms with van der Waals surface area (Å²) in [6.07, 6.45) is 98.4. The van der Waals surface area contributed by atoms with E-state index in [1.807, 2.05) is 0 Å². The lowest BCUT2D eigenvalue weighted by Crippen LogP contribution is -2.28. The van der Waals surface area contributed by atoms with Crippen molar-refractivity contribution in [3.63, 3.8) is 0 Å². The third-order valence-electron chi connectivity index (χ3n) is 13.1. The average Bonchev–Trinajstić information content (AvgIpc) is 3.42. The summed E-state index contributed by atoms with van der Waals surface area (Å²) in [6.45, 7) is 3.91. The summed E-state index contributed by atoms with van der Waals surface area (Å²) in [5.41, 5.74) is 0. The molecule has 0 saturated heterocycles. The molecule has 0 radical (unpaired) electrons. The van der Waals surface area contributed by atoms with Crippen molar-refractivity contribution >= 4 is 11.9 Å². The third-order valence-corrected chi connectivity index (χ3v) is 13.1.